The van der Waals surface area contributed by atoms with Crippen molar-refractivity contribution in [2.45, 2.75) is 0 Å². The molecule has 0 atom stereocenters. The third-order valence-electron chi connectivity index (χ3n) is 2.84. The van der Waals surface area contributed by atoms with Gasteiger partial charge in [-0.25, -0.2) is 9.79 Å². The van der Waals surface area contributed by atoms with Crippen LogP contribution < -0.4 is 0 Å². The van der Waals surface area contributed by atoms with Gasteiger partial charge in [0, 0.05) is 5.56 Å². The molecule has 0 spiro atoms. The van der Waals surface area contributed by atoms with Gasteiger partial charge in [-0.15, -0.1) is 0 Å². The first kappa shape index (κ1) is 12.2. The Hall–Kier alpha value is -2.88. The number of ether oxygens (including phenoxy) is 1. The van der Waals surface area contributed by atoms with Gasteiger partial charge in [0.15, 0.2) is 5.70 Å². The number of phenolic OH excluding ortho intramolecular Hbond substituents is 1. The van der Waals surface area contributed by atoms with Gasteiger partial charge in [0.05, 0.1) is 0 Å². The highest BCUT2D eigenvalue weighted by Gasteiger charge is 2.23. The molecule has 0 unspecified atom stereocenters. The second kappa shape index (κ2) is 5.01. The summed E-state index contributed by atoms with van der Waals surface area (Å²) in [5, 5.41) is 9.22. The van der Waals surface area contributed by atoms with Crippen molar-refractivity contribution in [1.82, 2.24) is 0 Å². The molecule has 0 radical (unpaired) electrons. The minimum Gasteiger partial charge on any atom is -0.508 e. The second-order valence-electron chi connectivity index (χ2n) is 4.29. The van der Waals surface area contributed by atoms with E-state index in [-0.39, 0.29) is 11.4 Å². The SMILES string of the molecule is O=C1OC(c2ccccc2)=NC1=Cc1ccc(O)cc1. The Morgan fingerprint density at radius 1 is 1.00 bits per heavy atom. The number of carbonyl (C=O) groups excluding carboxylic acids is 1. The van der Waals surface area contributed by atoms with E-state index in [9.17, 15) is 9.90 Å². The highest BCUT2D eigenvalue weighted by atomic mass is 16.6. The average Bonchev–Trinajstić information content (AvgIpc) is 2.84. The average molecular weight is 265 g/mol. The maximum atomic E-state index is 11.8. The lowest BCUT2D eigenvalue weighted by Gasteiger charge is -1.97. The van der Waals surface area contributed by atoms with Gasteiger partial charge < -0.3 is 9.84 Å². The fraction of sp³-hybridized carbons (Fsp3) is 0. The second-order valence-corrected chi connectivity index (χ2v) is 4.29. The van der Waals surface area contributed by atoms with Crippen molar-refractivity contribution >= 4 is 17.9 Å². The molecule has 0 aromatic heterocycles. The summed E-state index contributed by atoms with van der Waals surface area (Å²) in [6.45, 7) is 0. The zero-order chi connectivity index (χ0) is 13.9. The number of hydrogen-bond acceptors (Lipinski definition) is 4. The maximum absolute atomic E-state index is 11.8. The number of phenols is 1. The smallest absolute Gasteiger partial charge is 0.363 e. The minimum atomic E-state index is -0.475. The van der Waals surface area contributed by atoms with Gasteiger partial charge in [-0.1, -0.05) is 30.3 Å². The van der Waals surface area contributed by atoms with Crippen LogP contribution in [-0.2, 0) is 9.53 Å². The number of aromatic hydroxyl groups is 1. The van der Waals surface area contributed by atoms with Crippen LogP contribution in [-0.4, -0.2) is 17.0 Å². The summed E-state index contributed by atoms with van der Waals surface area (Å²) in [7, 11) is 0. The molecule has 2 aromatic rings. The van der Waals surface area contributed by atoms with Gasteiger partial charge >= 0.3 is 5.97 Å². The predicted molar refractivity (Wildman–Crippen MR) is 75.2 cm³/mol. The quantitative estimate of drug-likeness (QED) is 0.671. The number of hydrogen-bond donors (Lipinski definition) is 1. The Morgan fingerprint density at radius 3 is 2.40 bits per heavy atom. The third-order valence-corrected chi connectivity index (χ3v) is 2.84. The van der Waals surface area contributed by atoms with Gasteiger partial charge in [0.1, 0.15) is 5.75 Å². The molecule has 0 saturated heterocycles. The Labute approximate surface area is 115 Å². The molecule has 0 saturated carbocycles. The van der Waals surface area contributed by atoms with E-state index in [1.165, 1.54) is 0 Å². The maximum Gasteiger partial charge on any atom is 0.363 e. The first-order valence-electron chi connectivity index (χ1n) is 6.09. The fourth-order valence-electron chi connectivity index (χ4n) is 1.84. The highest BCUT2D eigenvalue weighted by Crippen LogP contribution is 2.20. The van der Waals surface area contributed by atoms with Gasteiger partial charge in [-0.3, -0.25) is 0 Å². The van der Waals surface area contributed by atoms with Crippen LogP contribution in [0.4, 0.5) is 0 Å². The molecule has 1 N–H and O–H groups in total. The number of benzene rings is 2. The van der Waals surface area contributed by atoms with E-state index < -0.39 is 5.97 Å². The van der Waals surface area contributed by atoms with E-state index in [0.29, 0.717) is 5.90 Å². The molecule has 2 aromatic carbocycles. The minimum absolute atomic E-state index is 0.176. The third kappa shape index (κ3) is 2.44. The Kier molecular flexibility index (Phi) is 3.05. The first-order valence-corrected chi connectivity index (χ1v) is 6.09. The van der Waals surface area contributed by atoms with Crippen LogP contribution in [0.25, 0.3) is 6.08 Å². The number of nitrogens with zero attached hydrogens (tertiary/aromatic N) is 1. The number of cyclic esters (lactones) is 1. The van der Waals surface area contributed by atoms with Crippen molar-refractivity contribution in [3.05, 3.63) is 71.4 Å². The zero-order valence-corrected chi connectivity index (χ0v) is 10.5. The first-order chi connectivity index (χ1) is 9.72. The standard InChI is InChI=1S/C16H11NO3/c18-13-8-6-11(7-9-13)10-14-16(19)20-15(17-14)12-4-2-1-3-5-12/h1-10,18H. The van der Waals surface area contributed by atoms with Crippen LogP contribution in [0.5, 0.6) is 5.75 Å². The van der Waals surface area contributed by atoms with Crippen LogP contribution >= 0.6 is 0 Å². The van der Waals surface area contributed by atoms with E-state index in [2.05, 4.69) is 4.99 Å². The van der Waals surface area contributed by atoms with Gasteiger partial charge in [-0.05, 0) is 35.9 Å². The molecule has 3 rings (SSSR count). The molecule has 0 amide bonds. The van der Waals surface area contributed by atoms with E-state index in [1.54, 1.807) is 30.3 Å². The van der Waals surface area contributed by atoms with E-state index in [1.807, 2.05) is 30.3 Å². The molecule has 20 heavy (non-hydrogen) atoms. The molecule has 1 aliphatic heterocycles. The van der Waals surface area contributed by atoms with Crippen LogP contribution in [0.1, 0.15) is 11.1 Å². The van der Waals surface area contributed by atoms with Crippen molar-refractivity contribution < 1.29 is 14.6 Å². The predicted octanol–water partition coefficient (Wildman–Crippen LogP) is 2.74. The lowest BCUT2D eigenvalue weighted by molar-refractivity contribution is -0.129. The summed E-state index contributed by atoms with van der Waals surface area (Å²) in [6, 6.07) is 15.8. The number of carbonyl (C=O) groups is 1. The fourth-order valence-corrected chi connectivity index (χ4v) is 1.84. The normalized spacial score (nSPS) is 16.1. The van der Waals surface area contributed by atoms with Crippen molar-refractivity contribution in [2.24, 2.45) is 4.99 Å². The lowest BCUT2D eigenvalue weighted by atomic mass is 10.2. The van der Waals surface area contributed by atoms with Crippen molar-refractivity contribution in [3.8, 4) is 5.75 Å². The largest absolute Gasteiger partial charge is 0.508 e. The number of aliphatic imine (C=N–C) groups is 1. The number of esters is 1. The number of rotatable bonds is 2. The molecular weight excluding hydrogens is 254 g/mol. The monoisotopic (exact) mass is 265 g/mol. The van der Waals surface area contributed by atoms with E-state index in [0.717, 1.165) is 11.1 Å². The summed E-state index contributed by atoms with van der Waals surface area (Å²) in [6.07, 6.45) is 1.62. The Bertz CT molecular complexity index is 700. The summed E-state index contributed by atoms with van der Waals surface area (Å²) in [5.41, 5.74) is 1.78. The van der Waals surface area contributed by atoms with Gasteiger partial charge in [0.25, 0.3) is 0 Å². The summed E-state index contributed by atoms with van der Waals surface area (Å²) in [4.78, 5) is 16.0. The van der Waals surface area contributed by atoms with Crippen molar-refractivity contribution in [2.75, 3.05) is 0 Å². The molecule has 4 nitrogen and oxygen atoms in total. The van der Waals surface area contributed by atoms with Crippen LogP contribution in [0, 0.1) is 0 Å². The van der Waals surface area contributed by atoms with Crippen molar-refractivity contribution in [1.29, 1.82) is 0 Å². The topological polar surface area (TPSA) is 58.9 Å². The Balaban J connectivity index is 1.92. The summed E-state index contributed by atoms with van der Waals surface area (Å²) < 4.78 is 5.15. The van der Waals surface area contributed by atoms with Crippen LogP contribution in [0.2, 0.25) is 0 Å². The molecule has 0 aliphatic carbocycles. The Morgan fingerprint density at radius 2 is 1.70 bits per heavy atom. The van der Waals surface area contributed by atoms with Crippen LogP contribution in [0.3, 0.4) is 0 Å². The van der Waals surface area contributed by atoms with Crippen LogP contribution in [0.15, 0.2) is 65.3 Å². The summed E-state index contributed by atoms with van der Waals surface area (Å²) in [5.74, 6) is 0.00665. The van der Waals surface area contributed by atoms with Gasteiger partial charge in [-0.2, -0.15) is 0 Å². The molecule has 1 aliphatic rings. The van der Waals surface area contributed by atoms with E-state index in [4.69, 9.17) is 4.74 Å². The summed E-state index contributed by atoms with van der Waals surface area (Å²) >= 11 is 0. The van der Waals surface area contributed by atoms with E-state index >= 15 is 0 Å². The lowest BCUT2D eigenvalue weighted by Crippen LogP contribution is -2.04. The zero-order valence-electron chi connectivity index (χ0n) is 10.5. The van der Waals surface area contributed by atoms with Gasteiger partial charge in [0.2, 0.25) is 5.90 Å². The molecular formula is C16H11NO3. The molecule has 1 heterocycles. The molecule has 98 valence electrons. The molecule has 4 heteroatoms. The highest BCUT2D eigenvalue weighted by molar-refractivity contribution is 6.12. The molecule has 0 bridgehead atoms. The van der Waals surface area contributed by atoms with Crippen molar-refractivity contribution in [3.63, 3.8) is 0 Å². The molecule has 0 fully saturated rings.